The summed E-state index contributed by atoms with van der Waals surface area (Å²) in [6, 6.07) is 85.3. The zero-order valence-electron chi connectivity index (χ0n) is 35.7. The second kappa shape index (κ2) is 14.1. The molecule has 10 aromatic carbocycles. The first-order chi connectivity index (χ1) is 32.6. The molecule has 310 valence electrons. The molecule has 0 fully saturated rings. The van der Waals surface area contributed by atoms with Crippen molar-refractivity contribution < 1.29 is 4.57 Å². The summed E-state index contributed by atoms with van der Waals surface area (Å²) in [6.45, 7) is 0. The Bertz CT molecular complexity index is 3990. The first kappa shape index (κ1) is 37.6. The van der Waals surface area contributed by atoms with Gasteiger partial charge in [0.15, 0.2) is 7.14 Å². The van der Waals surface area contributed by atoms with E-state index in [-0.39, 0.29) is 0 Å². The van der Waals surface area contributed by atoms with E-state index in [4.69, 9.17) is 0 Å². The van der Waals surface area contributed by atoms with Gasteiger partial charge in [-0.25, -0.2) is 0 Å². The third-order valence-electron chi connectivity index (χ3n) is 14.2. The van der Waals surface area contributed by atoms with Crippen molar-refractivity contribution in [2.24, 2.45) is 0 Å². The molecule has 2 unspecified atom stereocenters. The van der Waals surface area contributed by atoms with E-state index >= 15 is 4.57 Å². The van der Waals surface area contributed by atoms with Gasteiger partial charge in [-0.3, -0.25) is 0 Å². The molecule has 0 radical (unpaired) electrons. The molecule has 0 saturated heterocycles. The fraction of sp³-hybridized carbons (Fsp3) is 0.0164. The van der Waals surface area contributed by atoms with Crippen LogP contribution in [0.4, 0.5) is 17.1 Å². The van der Waals surface area contributed by atoms with Crippen LogP contribution in [0.5, 0.6) is 0 Å². The Morgan fingerprint density at radius 2 is 0.985 bits per heavy atom. The molecule has 0 saturated carbocycles. The molecule has 5 heteroatoms. The summed E-state index contributed by atoms with van der Waals surface area (Å²) >= 11 is 1.79. The highest BCUT2D eigenvalue weighted by Crippen LogP contribution is 2.63. The molecule has 1 spiro atoms. The minimum Gasteiger partial charge on any atom is -0.310 e. The Labute approximate surface area is 386 Å². The van der Waals surface area contributed by atoms with E-state index < -0.39 is 12.6 Å². The van der Waals surface area contributed by atoms with Crippen molar-refractivity contribution in [1.29, 1.82) is 0 Å². The molecule has 0 bridgehead atoms. The van der Waals surface area contributed by atoms with Crippen LogP contribution in [0, 0.1) is 0 Å². The lowest BCUT2D eigenvalue weighted by Gasteiger charge is -2.50. The molecular formula is C61H39N2OPS. The molecule has 0 aliphatic carbocycles. The summed E-state index contributed by atoms with van der Waals surface area (Å²) in [6.07, 6.45) is 0. The average molecular weight is 879 g/mol. The number of anilines is 3. The Morgan fingerprint density at radius 3 is 1.80 bits per heavy atom. The van der Waals surface area contributed by atoms with E-state index in [1.807, 2.05) is 18.2 Å². The quantitative estimate of drug-likeness (QED) is 0.165. The largest absolute Gasteiger partial charge is 0.310 e. The number of para-hydroxylation sites is 4. The van der Waals surface area contributed by atoms with Crippen molar-refractivity contribution in [2.75, 3.05) is 4.90 Å². The van der Waals surface area contributed by atoms with E-state index in [1.165, 1.54) is 37.3 Å². The van der Waals surface area contributed by atoms with E-state index in [0.29, 0.717) is 0 Å². The highest BCUT2D eigenvalue weighted by Gasteiger charge is 2.55. The van der Waals surface area contributed by atoms with Gasteiger partial charge in [0.25, 0.3) is 0 Å². The smallest absolute Gasteiger partial charge is 0.171 e. The van der Waals surface area contributed by atoms with Crippen LogP contribution in [-0.2, 0) is 9.98 Å². The van der Waals surface area contributed by atoms with E-state index in [2.05, 4.69) is 228 Å². The minimum absolute atomic E-state index is 0.825. The van der Waals surface area contributed by atoms with Gasteiger partial charge in [0.05, 0.1) is 27.8 Å². The van der Waals surface area contributed by atoms with E-state index in [0.717, 1.165) is 76.7 Å². The molecule has 2 atom stereocenters. The summed E-state index contributed by atoms with van der Waals surface area (Å²) in [5.41, 5.74) is 12.7. The monoisotopic (exact) mass is 878 g/mol. The summed E-state index contributed by atoms with van der Waals surface area (Å²) in [5.74, 6) is 0. The standard InChI is InChI=1S/C61H39N2OPS/c64-65(44-22-8-3-9-23-44)57-30-16-13-27-51(57)61(52-38-48-46-25-11-17-31-59(46)66-60(48)39-58(52)65)49-26-12-15-29-55(49)63(43-20-6-2-7-21-43)56-37-41(32-34-50(56)61)40-33-35-54-47(36-40)45-24-10-14-28-53(45)62(54)42-18-4-1-5-19-42/h1-39H. The van der Waals surface area contributed by atoms with Crippen LogP contribution in [0.25, 0.3) is 58.8 Å². The molecule has 66 heavy (non-hydrogen) atoms. The van der Waals surface area contributed by atoms with Crippen LogP contribution in [0.15, 0.2) is 237 Å². The number of rotatable bonds is 4. The molecule has 14 rings (SSSR count). The van der Waals surface area contributed by atoms with Crippen LogP contribution in [0.3, 0.4) is 0 Å². The number of fused-ring (bicyclic) bond motifs is 14. The molecule has 4 heterocycles. The first-order valence-corrected chi connectivity index (χ1v) is 25.0. The van der Waals surface area contributed by atoms with Gasteiger partial charge in [-0.1, -0.05) is 164 Å². The van der Waals surface area contributed by atoms with Crippen molar-refractivity contribution in [3.05, 3.63) is 259 Å². The van der Waals surface area contributed by atoms with Gasteiger partial charge >= 0.3 is 0 Å². The fourth-order valence-corrected chi connectivity index (χ4v) is 15.9. The van der Waals surface area contributed by atoms with Gasteiger partial charge in [0.2, 0.25) is 0 Å². The number of hydrogen-bond acceptors (Lipinski definition) is 3. The van der Waals surface area contributed by atoms with Gasteiger partial charge in [0.1, 0.15) is 0 Å². The molecule has 12 aromatic rings. The van der Waals surface area contributed by atoms with Crippen molar-refractivity contribution in [3.63, 3.8) is 0 Å². The van der Waals surface area contributed by atoms with Crippen LogP contribution >= 0.6 is 18.5 Å². The summed E-state index contributed by atoms with van der Waals surface area (Å²) < 4.78 is 21.5. The minimum atomic E-state index is -3.41. The molecule has 3 nitrogen and oxygen atoms in total. The zero-order valence-corrected chi connectivity index (χ0v) is 37.4. The molecule has 2 aromatic heterocycles. The van der Waals surface area contributed by atoms with E-state index in [1.54, 1.807) is 11.3 Å². The Balaban J connectivity index is 1.10. The predicted octanol–water partition coefficient (Wildman–Crippen LogP) is 14.9. The number of benzene rings is 10. The summed E-state index contributed by atoms with van der Waals surface area (Å²) in [5, 5.41) is 7.50. The Morgan fingerprint density at radius 1 is 0.379 bits per heavy atom. The average Bonchev–Trinajstić information content (AvgIpc) is 3.93. The highest BCUT2D eigenvalue weighted by molar-refractivity contribution is 7.85. The van der Waals surface area contributed by atoms with Crippen molar-refractivity contribution in [2.45, 2.75) is 5.41 Å². The number of hydrogen-bond donors (Lipinski definition) is 0. The topological polar surface area (TPSA) is 25.2 Å². The lowest BCUT2D eigenvalue weighted by Crippen LogP contribution is -2.49. The van der Waals surface area contributed by atoms with Crippen LogP contribution in [0.1, 0.15) is 22.3 Å². The second-order valence-electron chi connectivity index (χ2n) is 17.5. The van der Waals surface area contributed by atoms with Crippen molar-refractivity contribution in [3.8, 4) is 16.8 Å². The van der Waals surface area contributed by atoms with Crippen molar-refractivity contribution in [1.82, 2.24) is 4.57 Å². The maximum Gasteiger partial charge on any atom is 0.171 e. The lowest BCUT2D eigenvalue weighted by molar-refractivity contribution is 0.590. The Hall–Kier alpha value is -7.75. The molecule has 2 aliphatic rings. The molecular weight excluding hydrogens is 840 g/mol. The maximum absolute atomic E-state index is 16.8. The molecule has 0 N–H and O–H groups in total. The maximum atomic E-state index is 16.8. The van der Waals surface area contributed by atoms with Crippen LogP contribution in [-0.4, -0.2) is 4.57 Å². The SMILES string of the molecule is O=P1(c2ccccc2)c2ccccc2C2(c3ccccc3N(c3ccccc3)c3cc(-c4ccc5c(c4)c4ccccc4n5-c4ccccc4)ccc32)c2cc3c(cc21)sc1ccccc13. The zero-order chi connectivity index (χ0) is 43.6. The highest BCUT2D eigenvalue weighted by atomic mass is 32.1. The molecule has 2 aliphatic heterocycles. The van der Waals surface area contributed by atoms with Gasteiger partial charge in [-0.2, -0.15) is 0 Å². The van der Waals surface area contributed by atoms with Crippen LogP contribution in [0.2, 0.25) is 0 Å². The Kier molecular flexibility index (Phi) is 8.05. The number of nitrogens with zero attached hydrogens (tertiary/aromatic N) is 2. The van der Waals surface area contributed by atoms with Gasteiger partial charge < -0.3 is 14.0 Å². The predicted molar refractivity (Wildman–Crippen MR) is 279 cm³/mol. The molecule has 0 amide bonds. The normalized spacial score (nSPS) is 17.2. The third kappa shape index (κ3) is 5.06. The number of thiophene rings is 1. The second-order valence-corrected chi connectivity index (χ2v) is 21.3. The van der Waals surface area contributed by atoms with Gasteiger partial charge in [-0.15, -0.1) is 11.3 Å². The van der Waals surface area contributed by atoms with E-state index in [9.17, 15) is 0 Å². The third-order valence-corrected chi connectivity index (χ3v) is 18.5. The van der Waals surface area contributed by atoms with Gasteiger partial charge in [0, 0.05) is 58.2 Å². The number of aromatic nitrogens is 1. The fourth-order valence-electron chi connectivity index (χ4n) is 11.5. The van der Waals surface area contributed by atoms with Gasteiger partial charge in [-0.05, 0) is 106 Å². The lowest BCUT2D eigenvalue weighted by atomic mass is 9.62. The summed E-state index contributed by atoms with van der Waals surface area (Å²) in [4.78, 5) is 2.45. The first-order valence-electron chi connectivity index (χ1n) is 22.5. The summed E-state index contributed by atoms with van der Waals surface area (Å²) in [7, 11) is -3.41. The van der Waals surface area contributed by atoms with Crippen LogP contribution < -0.4 is 20.8 Å². The van der Waals surface area contributed by atoms with Crippen molar-refractivity contribution >= 4 is 93.4 Å².